The normalized spacial score (nSPS) is 17.7. The van der Waals surface area contributed by atoms with Crippen LogP contribution in [-0.2, 0) is 23.1 Å². The quantitative estimate of drug-likeness (QED) is 0.607. The molecule has 0 aliphatic carbocycles. The molecule has 3 aromatic rings. The van der Waals surface area contributed by atoms with E-state index in [1.54, 1.807) is 26.4 Å². The topological polar surface area (TPSA) is 78.8 Å². The van der Waals surface area contributed by atoms with E-state index in [9.17, 15) is 9.59 Å². The smallest absolute Gasteiger partial charge is 0.289 e. The molecule has 164 valence electrons. The van der Waals surface area contributed by atoms with Crippen LogP contribution in [0.15, 0.2) is 57.9 Å². The van der Waals surface area contributed by atoms with Crippen molar-refractivity contribution in [3.63, 3.8) is 0 Å². The van der Waals surface area contributed by atoms with Crippen LogP contribution in [0.2, 0.25) is 0 Å². The lowest BCUT2D eigenvalue weighted by molar-refractivity contribution is -0.139. The predicted molar refractivity (Wildman–Crippen MR) is 114 cm³/mol. The number of furan rings is 1. The Balaban J connectivity index is 1.67. The summed E-state index contributed by atoms with van der Waals surface area (Å²) >= 11 is 0. The monoisotopic (exact) mass is 425 g/mol. The number of carbonyl (C=O) groups is 1. The van der Waals surface area contributed by atoms with Crippen molar-refractivity contribution in [3.8, 4) is 5.69 Å². The molecule has 1 aliphatic rings. The van der Waals surface area contributed by atoms with E-state index >= 15 is 0 Å². The highest BCUT2D eigenvalue weighted by atomic mass is 16.7. The summed E-state index contributed by atoms with van der Waals surface area (Å²) in [5.41, 5.74) is 1.94. The van der Waals surface area contributed by atoms with Crippen molar-refractivity contribution in [3.05, 3.63) is 76.1 Å². The lowest BCUT2D eigenvalue weighted by Crippen LogP contribution is -2.39. The van der Waals surface area contributed by atoms with Crippen molar-refractivity contribution >= 4 is 5.91 Å². The average molecular weight is 425 g/mol. The van der Waals surface area contributed by atoms with Gasteiger partial charge >= 0.3 is 0 Å². The molecule has 1 amide bonds. The van der Waals surface area contributed by atoms with Crippen molar-refractivity contribution in [2.75, 3.05) is 13.2 Å². The Morgan fingerprint density at radius 1 is 1.19 bits per heavy atom. The first kappa shape index (κ1) is 21.1. The molecule has 1 unspecified atom stereocenters. The van der Waals surface area contributed by atoms with E-state index in [-0.39, 0.29) is 36.4 Å². The van der Waals surface area contributed by atoms with E-state index in [1.807, 2.05) is 58.2 Å². The highest BCUT2D eigenvalue weighted by Crippen LogP contribution is 2.24. The highest BCUT2D eigenvalue weighted by molar-refractivity contribution is 5.91. The first-order chi connectivity index (χ1) is 14.8. The molecule has 1 atom stereocenters. The van der Waals surface area contributed by atoms with Crippen molar-refractivity contribution in [1.82, 2.24) is 14.3 Å². The molecule has 8 heteroatoms. The van der Waals surface area contributed by atoms with Crippen molar-refractivity contribution < 1.29 is 18.7 Å². The third-order valence-corrected chi connectivity index (χ3v) is 5.53. The van der Waals surface area contributed by atoms with Crippen molar-refractivity contribution in [1.29, 1.82) is 0 Å². The number of amides is 1. The summed E-state index contributed by atoms with van der Waals surface area (Å²) in [6, 6.07) is 12.7. The number of para-hydroxylation sites is 1. The van der Waals surface area contributed by atoms with Gasteiger partial charge in [0.1, 0.15) is 6.10 Å². The number of hydrogen-bond acceptors (Lipinski definition) is 5. The molecule has 1 saturated heterocycles. The lowest BCUT2D eigenvalue weighted by Gasteiger charge is -2.25. The van der Waals surface area contributed by atoms with Crippen LogP contribution in [0.5, 0.6) is 0 Å². The Bertz CT molecular complexity index is 1110. The maximum Gasteiger partial charge on any atom is 0.289 e. The van der Waals surface area contributed by atoms with Crippen LogP contribution in [0, 0.1) is 6.92 Å². The zero-order valence-corrected chi connectivity index (χ0v) is 18.2. The standard InChI is InChI=1S/C23H27N3O5/c1-16-19(21(27)26(24(16)4)17-9-6-5-7-10-17)14-25(22(28)20-11-8-12-29-20)13-18-15-30-23(2,3)31-18/h5-12,18H,13-15H2,1-4H3. The third-order valence-electron chi connectivity index (χ3n) is 5.53. The predicted octanol–water partition coefficient (Wildman–Crippen LogP) is 2.87. The van der Waals surface area contributed by atoms with Gasteiger partial charge in [0.05, 0.1) is 37.2 Å². The Hall–Kier alpha value is -3.10. The minimum atomic E-state index is -0.702. The van der Waals surface area contributed by atoms with Gasteiger partial charge in [0.15, 0.2) is 11.5 Å². The van der Waals surface area contributed by atoms with E-state index in [0.717, 1.165) is 11.4 Å². The molecule has 1 fully saturated rings. The molecular formula is C23H27N3O5. The second-order valence-electron chi connectivity index (χ2n) is 8.15. The van der Waals surface area contributed by atoms with Gasteiger partial charge in [-0.25, -0.2) is 4.68 Å². The Morgan fingerprint density at radius 2 is 1.94 bits per heavy atom. The van der Waals surface area contributed by atoms with Gasteiger partial charge in [0, 0.05) is 12.7 Å². The number of nitrogens with zero attached hydrogens (tertiary/aromatic N) is 3. The number of rotatable bonds is 6. The lowest BCUT2D eigenvalue weighted by atomic mass is 10.2. The van der Waals surface area contributed by atoms with Gasteiger partial charge in [-0.3, -0.25) is 14.3 Å². The number of ether oxygens (including phenoxy) is 2. The van der Waals surface area contributed by atoms with Gasteiger partial charge in [-0.15, -0.1) is 0 Å². The third kappa shape index (κ3) is 4.22. The average Bonchev–Trinajstić information content (AvgIpc) is 3.44. The van der Waals surface area contributed by atoms with Crippen LogP contribution in [0.25, 0.3) is 5.69 Å². The summed E-state index contributed by atoms with van der Waals surface area (Å²) in [4.78, 5) is 28.1. The largest absolute Gasteiger partial charge is 0.459 e. The molecule has 1 aliphatic heterocycles. The molecule has 8 nitrogen and oxygen atoms in total. The van der Waals surface area contributed by atoms with Crippen LogP contribution < -0.4 is 5.56 Å². The number of benzene rings is 1. The molecule has 0 bridgehead atoms. The van der Waals surface area contributed by atoms with Crippen LogP contribution in [0.1, 0.15) is 35.7 Å². The molecular weight excluding hydrogens is 398 g/mol. The van der Waals surface area contributed by atoms with Gasteiger partial charge in [-0.1, -0.05) is 18.2 Å². The molecule has 0 radical (unpaired) electrons. The maximum absolute atomic E-state index is 13.3. The summed E-state index contributed by atoms with van der Waals surface area (Å²) in [7, 11) is 1.84. The molecule has 0 N–H and O–H groups in total. The molecule has 1 aromatic carbocycles. The summed E-state index contributed by atoms with van der Waals surface area (Å²) < 4.78 is 20.3. The Kier molecular flexibility index (Phi) is 5.60. The molecule has 0 saturated carbocycles. The zero-order valence-electron chi connectivity index (χ0n) is 18.2. The van der Waals surface area contributed by atoms with E-state index in [0.29, 0.717) is 12.2 Å². The first-order valence-corrected chi connectivity index (χ1v) is 10.2. The summed E-state index contributed by atoms with van der Waals surface area (Å²) in [6.07, 6.45) is 1.16. The maximum atomic E-state index is 13.3. The first-order valence-electron chi connectivity index (χ1n) is 10.2. The molecule has 4 rings (SSSR count). The van der Waals surface area contributed by atoms with Crippen LogP contribution >= 0.6 is 0 Å². The molecule has 31 heavy (non-hydrogen) atoms. The Morgan fingerprint density at radius 3 is 2.55 bits per heavy atom. The highest BCUT2D eigenvalue weighted by Gasteiger charge is 2.35. The summed E-state index contributed by atoms with van der Waals surface area (Å²) in [5, 5.41) is 0. The SMILES string of the molecule is Cc1c(CN(CC2COC(C)(C)O2)C(=O)c2ccco2)c(=O)n(-c2ccccc2)n1C. The Labute approximate surface area is 180 Å². The summed E-state index contributed by atoms with van der Waals surface area (Å²) in [5.74, 6) is -0.783. The molecule has 2 aromatic heterocycles. The van der Waals surface area contributed by atoms with Crippen molar-refractivity contribution in [2.24, 2.45) is 7.05 Å². The fraction of sp³-hybridized carbons (Fsp3) is 0.391. The van der Waals surface area contributed by atoms with Crippen molar-refractivity contribution in [2.45, 2.75) is 39.2 Å². The molecule has 3 heterocycles. The van der Waals surface area contributed by atoms with Crippen LogP contribution in [0.3, 0.4) is 0 Å². The number of carbonyl (C=O) groups excluding carboxylic acids is 1. The fourth-order valence-corrected chi connectivity index (χ4v) is 3.87. The second kappa shape index (κ2) is 8.20. The van der Waals surface area contributed by atoms with Crippen LogP contribution in [-0.4, -0.2) is 45.2 Å². The van der Waals surface area contributed by atoms with Gasteiger partial charge in [0.25, 0.3) is 11.5 Å². The number of hydrogen-bond donors (Lipinski definition) is 0. The van der Waals surface area contributed by atoms with Gasteiger partial charge in [-0.2, -0.15) is 0 Å². The van der Waals surface area contributed by atoms with E-state index in [1.165, 1.54) is 6.26 Å². The summed E-state index contributed by atoms with van der Waals surface area (Å²) in [6.45, 7) is 6.35. The zero-order chi connectivity index (χ0) is 22.2. The van der Waals surface area contributed by atoms with Crippen LogP contribution in [0.4, 0.5) is 0 Å². The molecule has 0 spiro atoms. The van der Waals surface area contributed by atoms with Gasteiger partial charge in [0.2, 0.25) is 0 Å². The minimum Gasteiger partial charge on any atom is -0.459 e. The van der Waals surface area contributed by atoms with Gasteiger partial charge in [-0.05, 0) is 45.0 Å². The van der Waals surface area contributed by atoms with E-state index in [2.05, 4.69) is 0 Å². The minimum absolute atomic E-state index is 0.137. The second-order valence-corrected chi connectivity index (χ2v) is 8.15. The van der Waals surface area contributed by atoms with Gasteiger partial charge < -0.3 is 18.8 Å². The number of aromatic nitrogens is 2. The van der Waals surface area contributed by atoms with E-state index < -0.39 is 5.79 Å². The van der Waals surface area contributed by atoms with E-state index in [4.69, 9.17) is 13.9 Å². The fourth-order valence-electron chi connectivity index (χ4n) is 3.87.